The molecule has 1 rings (SSSR count). The SMILES string of the molecule is CC(=O)[C@@H]([As]C(=O)OC(C)(C)C)C(=[N+]=[N-])c1cc(F)ccc1F. The first-order valence-corrected chi connectivity index (χ1v) is 8.69. The number of benzene rings is 1. The number of hydrogen-bond donors (Lipinski definition) is 0. The molecule has 0 aromatic heterocycles. The first kappa shape index (κ1) is 19.2. The van der Waals surface area contributed by atoms with Gasteiger partial charge in [-0.25, -0.2) is 0 Å². The van der Waals surface area contributed by atoms with Crippen molar-refractivity contribution in [3.05, 3.63) is 40.9 Å². The second-order valence-electron chi connectivity index (χ2n) is 5.73. The van der Waals surface area contributed by atoms with Gasteiger partial charge in [0.2, 0.25) is 0 Å². The summed E-state index contributed by atoms with van der Waals surface area (Å²) in [6.07, 6.45) is 0. The van der Waals surface area contributed by atoms with E-state index in [9.17, 15) is 18.4 Å². The van der Waals surface area contributed by atoms with Crippen molar-refractivity contribution in [3.63, 3.8) is 0 Å². The Morgan fingerprint density at radius 1 is 1.30 bits per heavy atom. The van der Waals surface area contributed by atoms with E-state index < -0.39 is 48.2 Å². The molecular formula is C15H16AsF2N2O3. The van der Waals surface area contributed by atoms with Crippen molar-refractivity contribution < 1.29 is 27.9 Å². The number of ether oxygens (including phenoxy) is 1. The van der Waals surface area contributed by atoms with E-state index >= 15 is 0 Å². The van der Waals surface area contributed by atoms with E-state index in [-0.39, 0.29) is 11.3 Å². The molecule has 8 heteroatoms. The minimum atomic E-state index is -1.43. The van der Waals surface area contributed by atoms with E-state index in [1.165, 1.54) is 6.92 Å². The van der Waals surface area contributed by atoms with Crippen LogP contribution in [0.1, 0.15) is 33.3 Å². The van der Waals surface area contributed by atoms with E-state index in [1.807, 2.05) is 0 Å². The average molecular weight is 385 g/mol. The van der Waals surface area contributed by atoms with Gasteiger partial charge in [-0.05, 0) is 0 Å². The summed E-state index contributed by atoms with van der Waals surface area (Å²) in [5.74, 6) is -2.10. The summed E-state index contributed by atoms with van der Waals surface area (Å²) in [6.45, 7) is 6.19. The van der Waals surface area contributed by atoms with E-state index in [0.717, 1.165) is 18.2 Å². The fourth-order valence-electron chi connectivity index (χ4n) is 1.69. The van der Waals surface area contributed by atoms with Crippen molar-refractivity contribution in [2.24, 2.45) is 0 Å². The molecule has 0 aliphatic rings. The molecule has 23 heavy (non-hydrogen) atoms. The first-order valence-electron chi connectivity index (χ1n) is 6.67. The van der Waals surface area contributed by atoms with Crippen LogP contribution >= 0.6 is 0 Å². The van der Waals surface area contributed by atoms with Gasteiger partial charge in [-0.15, -0.1) is 0 Å². The Bertz CT molecular complexity index is 680. The molecule has 0 amide bonds. The van der Waals surface area contributed by atoms with Gasteiger partial charge >= 0.3 is 139 Å². The second kappa shape index (κ2) is 7.62. The predicted octanol–water partition coefficient (Wildman–Crippen LogP) is 3.00. The molecule has 0 spiro atoms. The normalized spacial score (nSPS) is 12.8. The van der Waals surface area contributed by atoms with Gasteiger partial charge in [-0.1, -0.05) is 0 Å². The van der Waals surface area contributed by atoms with Crippen LogP contribution in [0.4, 0.5) is 13.6 Å². The molecule has 0 saturated heterocycles. The Hall–Kier alpha value is -1.84. The molecule has 0 aliphatic carbocycles. The Morgan fingerprint density at radius 2 is 1.91 bits per heavy atom. The maximum absolute atomic E-state index is 13.9. The molecular weight excluding hydrogens is 369 g/mol. The van der Waals surface area contributed by atoms with Crippen molar-refractivity contribution in [1.29, 1.82) is 0 Å². The molecule has 1 radical (unpaired) electrons. The van der Waals surface area contributed by atoms with Gasteiger partial charge in [0.25, 0.3) is 0 Å². The summed E-state index contributed by atoms with van der Waals surface area (Å²) in [6, 6.07) is 2.58. The van der Waals surface area contributed by atoms with Gasteiger partial charge in [0.15, 0.2) is 0 Å². The number of ketones is 1. The zero-order valence-electron chi connectivity index (χ0n) is 13.1. The molecule has 0 bridgehead atoms. The fraction of sp³-hybridized carbons (Fsp3) is 0.400. The number of nitrogens with zero attached hydrogens (tertiary/aromatic N) is 2. The quantitative estimate of drug-likeness (QED) is 0.338. The van der Waals surface area contributed by atoms with Crippen molar-refractivity contribution >= 4 is 32.0 Å². The molecule has 0 aliphatic heterocycles. The third-order valence-electron chi connectivity index (χ3n) is 2.58. The van der Waals surface area contributed by atoms with E-state index in [4.69, 9.17) is 10.3 Å². The summed E-state index contributed by atoms with van der Waals surface area (Å²) in [5.41, 5.74) is 7.70. The number of carbonyl (C=O) groups is 2. The topological polar surface area (TPSA) is 79.8 Å². The van der Waals surface area contributed by atoms with Crippen molar-refractivity contribution in [2.45, 2.75) is 38.0 Å². The van der Waals surface area contributed by atoms with Crippen LogP contribution in [0, 0.1) is 11.6 Å². The van der Waals surface area contributed by atoms with Crippen LogP contribution < -0.4 is 0 Å². The molecule has 1 aromatic carbocycles. The van der Waals surface area contributed by atoms with Gasteiger partial charge in [0, 0.05) is 0 Å². The summed E-state index contributed by atoms with van der Waals surface area (Å²) in [7, 11) is 0. The molecule has 0 unspecified atom stereocenters. The van der Waals surface area contributed by atoms with Crippen LogP contribution in [0.15, 0.2) is 18.2 Å². The van der Waals surface area contributed by atoms with Crippen LogP contribution in [0.3, 0.4) is 0 Å². The van der Waals surface area contributed by atoms with Gasteiger partial charge in [-0.3, -0.25) is 0 Å². The Balaban J connectivity index is 3.17. The van der Waals surface area contributed by atoms with Crippen LogP contribution in [-0.2, 0) is 9.53 Å². The van der Waals surface area contributed by atoms with Gasteiger partial charge in [0.05, 0.1) is 0 Å². The third kappa shape index (κ3) is 5.70. The van der Waals surface area contributed by atoms with E-state index in [2.05, 4.69) is 4.79 Å². The average Bonchev–Trinajstić information content (AvgIpc) is 2.40. The van der Waals surface area contributed by atoms with E-state index in [1.54, 1.807) is 20.8 Å². The molecule has 0 heterocycles. The molecule has 0 fully saturated rings. The zero-order valence-corrected chi connectivity index (χ0v) is 15.0. The summed E-state index contributed by atoms with van der Waals surface area (Å²) < 4.78 is 30.6. The Kier molecular flexibility index (Phi) is 6.36. The monoisotopic (exact) mass is 385 g/mol. The molecule has 0 saturated carbocycles. The molecule has 123 valence electrons. The number of Topliss-reactive ketones (excluding diaryl/α,β-unsaturated/α-hetero) is 1. The van der Waals surface area contributed by atoms with Crippen LogP contribution in [0.25, 0.3) is 5.53 Å². The van der Waals surface area contributed by atoms with Crippen LogP contribution in [-0.4, -0.2) is 42.4 Å². The summed E-state index contributed by atoms with van der Waals surface area (Å²) >= 11 is -1.43. The molecule has 5 nitrogen and oxygen atoms in total. The number of rotatable bonds is 5. The zero-order chi connectivity index (χ0) is 17.8. The second-order valence-corrected chi connectivity index (χ2v) is 8.12. The summed E-state index contributed by atoms with van der Waals surface area (Å²) in [5, 5.41) is 0. The van der Waals surface area contributed by atoms with Gasteiger partial charge in [0.1, 0.15) is 0 Å². The molecule has 1 aromatic rings. The third-order valence-corrected chi connectivity index (χ3v) is 5.04. The minimum absolute atomic E-state index is 0.355. The van der Waals surface area contributed by atoms with Crippen molar-refractivity contribution in [3.8, 4) is 0 Å². The predicted molar refractivity (Wildman–Crippen MR) is 80.5 cm³/mol. The van der Waals surface area contributed by atoms with Crippen LogP contribution in [0.2, 0.25) is 4.71 Å². The Labute approximate surface area is 139 Å². The Morgan fingerprint density at radius 3 is 2.39 bits per heavy atom. The summed E-state index contributed by atoms with van der Waals surface area (Å²) in [4.78, 5) is 26.7. The van der Waals surface area contributed by atoms with Crippen molar-refractivity contribution in [2.75, 3.05) is 0 Å². The van der Waals surface area contributed by atoms with Crippen LogP contribution in [0.5, 0.6) is 0 Å². The molecule has 1 atom stereocenters. The standard InChI is InChI=1S/C15H16AsF2N2O3/c1-8(21)12(16-14(22)23-15(2,3)4)13(20-19)10-7-9(17)5-6-11(10)18/h5-7,12H,1-4H3/t12-/m1/s1. The maximum atomic E-state index is 13.9. The van der Waals surface area contributed by atoms with E-state index in [0.29, 0.717) is 0 Å². The van der Waals surface area contributed by atoms with Gasteiger partial charge < -0.3 is 0 Å². The fourth-order valence-corrected chi connectivity index (χ4v) is 3.85. The van der Waals surface area contributed by atoms with Crippen molar-refractivity contribution in [1.82, 2.24) is 0 Å². The first-order chi connectivity index (χ1) is 10.5. The number of carbonyl (C=O) groups excluding carboxylic acids is 2. The number of hydrogen-bond acceptors (Lipinski definition) is 3. The van der Waals surface area contributed by atoms with Gasteiger partial charge in [-0.2, -0.15) is 0 Å². The molecule has 0 N–H and O–H groups in total. The number of halogens is 2.